The average Bonchev–Trinajstić information content (AvgIpc) is 0.811. The van der Waals surface area contributed by atoms with Crippen LogP contribution in [-0.4, -0.2) is 5.48 Å². The summed E-state index contributed by atoms with van der Waals surface area (Å²) in [7, 11) is 3.84. The van der Waals surface area contributed by atoms with E-state index in [4.69, 9.17) is 5.48 Å². The van der Waals surface area contributed by atoms with Gasteiger partial charge in [-0.15, -0.1) is 0 Å². The van der Waals surface area contributed by atoms with Crippen LogP contribution in [0, 0.1) is 0 Å². The van der Waals surface area contributed by atoms with E-state index >= 15 is 0 Å². The zero-order chi connectivity index (χ0) is 3.58. The molecule has 0 saturated heterocycles. The van der Waals surface area contributed by atoms with Crippen molar-refractivity contribution in [1.29, 1.82) is 0 Å². The van der Waals surface area contributed by atoms with Crippen LogP contribution < -0.4 is 0 Å². The van der Waals surface area contributed by atoms with Crippen molar-refractivity contribution in [3.8, 4) is 0 Å². The summed E-state index contributed by atoms with van der Waals surface area (Å²) in [5.74, 6) is 0. The van der Waals surface area contributed by atoms with Gasteiger partial charge in [-0.1, -0.05) is 0 Å². The molecule has 0 unspecified atom stereocenters. The maximum atomic E-state index is 8.25. The predicted molar refractivity (Wildman–Crippen MR) is 13.9 cm³/mol. The molecule has 0 aromatic carbocycles. The van der Waals surface area contributed by atoms with Crippen molar-refractivity contribution in [3.05, 3.63) is 0 Å². The first-order valence-electron chi connectivity index (χ1n) is 0.865. The molecule has 0 bridgehead atoms. The molecule has 0 aromatic rings. The average molecular weight is 294 g/mol. The Kier molecular flexibility index (Phi) is 0.348. The Morgan fingerprint density at radius 3 is 1.50 bits per heavy atom. The van der Waals surface area contributed by atoms with Gasteiger partial charge in [-0.2, -0.15) is 0 Å². The molecule has 1 nitrogen and oxygen atoms in total. The van der Waals surface area contributed by atoms with Crippen LogP contribution in [0.5, 0.6) is 0 Å². The van der Waals surface area contributed by atoms with Crippen molar-refractivity contribution in [3.63, 3.8) is 0 Å². The molecule has 0 atom stereocenters. The molecule has 1 N–H and O–H groups in total. The molecule has 0 rings (SSSR count). The Bertz CT molecular complexity index is 10.8. The Labute approximate surface area is 21.6 Å². The van der Waals surface area contributed by atoms with E-state index in [1.54, 1.807) is 0 Å². The van der Waals surface area contributed by atoms with Gasteiger partial charge in [0, 0.05) is 0 Å². The van der Waals surface area contributed by atoms with Gasteiger partial charge in [0.2, 0.25) is 0 Å². The van der Waals surface area contributed by atoms with Crippen molar-refractivity contribution >= 4 is 0 Å². The minimum absolute atomic E-state index is 1.54. The minimum atomic E-state index is -1.54. The van der Waals surface area contributed by atoms with Crippen molar-refractivity contribution < 1.29 is 5.48 Å². The van der Waals surface area contributed by atoms with E-state index in [9.17, 15) is 0 Å². The molecular formula is C2H7CmO. The van der Waals surface area contributed by atoms with Crippen LogP contribution in [0.2, 0.25) is 14.9 Å². The van der Waals surface area contributed by atoms with E-state index < -0.39 is 0 Å². The van der Waals surface area contributed by atoms with Crippen molar-refractivity contribution in [2.24, 2.45) is 0 Å². The van der Waals surface area contributed by atoms with Crippen molar-refractivity contribution in [2.45, 2.75) is 14.9 Å². The number of rotatable bonds is 0. The second-order valence-electron chi connectivity index (χ2n) is 0.670. The van der Waals surface area contributed by atoms with Gasteiger partial charge >= 0.3 is 20.3 Å². The third kappa shape index (κ3) is 0.00142. The Morgan fingerprint density at radius 1 is 1.50 bits per heavy atom. The Balaban J connectivity index is 2.32. The van der Waals surface area contributed by atoms with Crippen LogP contribution in [0.15, 0.2) is 0 Å². The zero-order valence-corrected chi connectivity index (χ0v) is 5.74. The third-order valence-corrected chi connectivity index (χ3v) is 0. The van der Waals surface area contributed by atoms with E-state index in [1.165, 1.54) is 0 Å². The summed E-state index contributed by atoms with van der Waals surface area (Å²) in [6, 6.07) is 0. The van der Waals surface area contributed by atoms with Gasteiger partial charge < -0.3 is 0 Å². The molecule has 0 radical (unpaired) electrons. The molecule has 2 heteroatoms. The van der Waals surface area contributed by atoms with E-state index in [0.717, 1.165) is 0 Å². The number of hydrogen-bond donors (Lipinski definition) is 1. The zero-order valence-electron chi connectivity index (χ0n) is 2.80. The first-order valence-corrected chi connectivity index (χ1v) is 8.07. The van der Waals surface area contributed by atoms with Gasteiger partial charge in [0.05, 0.1) is 0 Å². The predicted octanol–water partition coefficient (Wildman–Crippen LogP) is 0.611. The Morgan fingerprint density at radius 2 is 1.50 bits per heavy atom. The molecule has 0 spiro atoms. The van der Waals surface area contributed by atoms with Gasteiger partial charge in [0.1, 0.15) is 0 Å². The fraction of sp³-hybridized carbons (Fsp3) is 1.00. The van der Waals surface area contributed by atoms with Crippen molar-refractivity contribution in [2.75, 3.05) is 0 Å². The van der Waals surface area contributed by atoms with Gasteiger partial charge in [-0.25, -0.2) is 0 Å². The van der Waals surface area contributed by atoms with Crippen molar-refractivity contribution in [1.82, 2.24) is 0 Å². The van der Waals surface area contributed by atoms with E-state index in [0.29, 0.717) is 0 Å². The topological polar surface area (TPSA) is 20.2 Å². The molecule has 0 aliphatic heterocycles. The first kappa shape index (κ1) is 2.96. The van der Waals surface area contributed by atoms with Crippen LogP contribution >= 0.6 is 0 Å². The summed E-state index contributed by atoms with van der Waals surface area (Å²) >= 11 is 0. The maximum absolute atomic E-state index is 8.25. The van der Waals surface area contributed by atoms with E-state index in [1.807, 2.05) is 14.9 Å². The van der Waals surface area contributed by atoms with Gasteiger partial charge in [0.15, 0.2) is 0 Å². The molecule has 0 heterocycles. The molecule has 0 amide bonds. The summed E-state index contributed by atoms with van der Waals surface area (Å²) in [5.41, 5.74) is 8.25. The molecule has 0 fully saturated rings. The van der Waals surface area contributed by atoms with Gasteiger partial charge in [-0.3, -0.25) is 0 Å². The summed E-state index contributed by atoms with van der Waals surface area (Å²) in [4.78, 5) is 0. The molecule has 0 aliphatic carbocycles. The standard InChI is InChI=1S/2CH3.Cm.H2O/h2*1H3;;1H2/q;;+1;/p-1. The normalized spacial score (nSPS) is 6.75. The molecule has 4 heavy (non-hydrogen) atoms. The van der Waals surface area contributed by atoms with E-state index in [-0.39, 0.29) is 0 Å². The fourth-order valence-electron chi connectivity index (χ4n) is 0. The first-order chi connectivity index (χ1) is 1.73. The molecule has 0 aromatic heterocycles. The monoisotopic (exact) mass is 290 g/mol. The van der Waals surface area contributed by atoms with Gasteiger partial charge in [0.25, 0.3) is 0 Å². The van der Waals surface area contributed by atoms with Crippen LogP contribution in [0.4, 0.5) is 0 Å². The molecule has 0 aliphatic rings. The van der Waals surface area contributed by atoms with Crippen LogP contribution in [-0.2, 0) is 0 Å². The summed E-state index contributed by atoms with van der Waals surface area (Å²) in [5, 5.41) is 0. The van der Waals surface area contributed by atoms with Crippen LogP contribution in [0.1, 0.15) is 0 Å². The van der Waals surface area contributed by atoms with E-state index in [2.05, 4.69) is 0 Å². The SMILES string of the molecule is [CH3][Cm]([CH3])[OH]. The summed E-state index contributed by atoms with van der Waals surface area (Å²) in [6.07, 6.45) is 0. The second-order valence-corrected chi connectivity index (χ2v) is 6.25. The summed E-state index contributed by atoms with van der Waals surface area (Å²) < 4.78 is -1.54. The second kappa shape index (κ2) is 0.470. The van der Waals surface area contributed by atoms with Crippen LogP contribution in [0.25, 0.3) is 0 Å². The third-order valence-electron chi connectivity index (χ3n) is 0. The quantitative estimate of drug-likeness (QED) is 0.694. The Hall–Kier alpha value is -1.04. The van der Waals surface area contributed by atoms with Gasteiger partial charge in [-0.05, 0) is 0 Å². The molecule has 29 valence electrons. The molecular weight excluding hydrogens is 287 g/mol. The van der Waals surface area contributed by atoms with Crippen LogP contribution in [0.3, 0.4) is 0 Å². The molecule has 0 saturated carbocycles. The summed E-state index contributed by atoms with van der Waals surface area (Å²) in [6.45, 7) is 0. The fourth-order valence-corrected chi connectivity index (χ4v) is 0. The number of hydrogen-bond acceptors (Lipinski definition) is 1.